The zero-order valence-corrected chi connectivity index (χ0v) is 14.1. The van der Waals surface area contributed by atoms with Crippen LogP contribution in [0.1, 0.15) is 49.3 Å². The Morgan fingerprint density at radius 1 is 1.15 bits per heavy atom. The lowest BCUT2D eigenvalue weighted by atomic mass is 9.87. The molecule has 0 aromatic heterocycles. The predicted molar refractivity (Wildman–Crippen MR) is 91.5 cm³/mol. The molecular weight excluding hydrogens is 262 g/mol. The Morgan fingerprint density at radius 2 is 1.90 bits per heavy atom. The summed E-state index contributed by atoms with van der Waals surface area (Å²) in [5.74, 6) is 3.28. The number of thioether (sulfide) groups is 1. The van der Waals surface area contributed by atoms with Crippen LogP contribution in [-0.2, 0) is 5.75 Å². The van der Waals surface area contributed by atoms with Gasteiger partial charge in [-0.15, -0.1) is 0 Å². The fraction of sp³-hybridized carbons (Fsp3) is 0.667. The quantitative estimate of drug-likeness (QED) is 0.762. The van der Waals surface area contributed by atoms with E-state index in [-0.39, 0.29) is 0 Å². The first kappa shape index (κ1) is 15.9. The Balaban J connectivity index is 1.61. The van der Waals surface area contributed by atoms with E-state index in [4.69, 9.17) is 0 Å². The van der Waals surface area contributed by atoms with Gasteiger partial charge in [0.25, 0.3) is 0 Å². The summed E-state index contributed by atoms with van der Waals surface area (Å²) in [4.78, 5) is 0. The zero-order valence-electron chi connectivity index (χ0n) is 13.2. The standard InChI is InChI=1S/C18H29NS/c1-14-5-4-6-18(12-14)19-7-8-20-13-17-10-15(2)9-16(3)11-17/h9-11,14,18-19H,4-8,12-13H2,1-3H3. The lowest BCUT2D eigenvalue weighted by Gasteiger charge is -2.27. The van der Waals surface area contributed by atoms with Gasteiger partial charge >= 0.3 is 0 Å². The second kappa shape index (κ2) is 8.09. The van der Waals surface area contributed by atoms with Crippen LogP contribution in [-0.4, -0.2) is 18.3 Å². The maximum absolute atomic E-state index is 3.74. The van der Waals surface area contributed by atoms with Crippen molar-refractivity contribution in [3.8, 4) is 0 Å². The highest BCUT2D eigenvalue weighted by Crippen LogP contribution is 2.23. The minimum absolute atomic E-state index is 0.778. The third-order valence-corrected chi connectivity index (χ3v) is 5.20. The third-order valence-electron chi connectivity index (χ3n) is 4.17. The van der Waals surface area contributed by atoms with Crippen LogP contribution >= 0.6 is 11.8 Å². The molecule has 20 heavy (non-hydrogen) atoms. The molecule has 2 unspecified atom stereocenters. The molecule has 0 radical (unpaired) electrons. The van der Waals surface area contributed by atoms with Crippen molar-refractivity contribution in [2.45, 2.75) is 58.2 Å². The minimum Gasteiger partial charge on any atom is -0.313 e. The largest absolute Gasteiger partial charge is 0.313 e. The summed E-state index contributed by atoms with van der Waals surface area (Å²) < 4.78 is 0. The van der Waals surface area contributed by atoms with Crippen molar-refractivity contribution in [1.82, 2.24) is 5.32 Å². The fourth-order valence-corrected chi connectivity index (χ4v) is 4.11. The lowest BCUT2D eigenvalue weighted by molar-refractivity contribution is 0.306. The van der Waals surface area contributed by atoms with Gasteiger partial charge in [0.15, 0.2) is 0 Å². The van der Waals surface area contributed by atoms with Crippen LogP contribution in [0.15, 0.2) is 18.2 Å². The Bertz CT molecular complexity index is 396. The van der Waals surface area contributed by atoms with Crippen LogP contribution in [0.25, 0.3) is 0 Å². The minimum atomic E-state index is 0.778. The molecule has 2 atom stereocenters. The number of nitrogens with one attached hydrogen (secondary N) is 1. The monoisotopic (exact) mass is 291 g/mol. The molecule has 1 N–H and O–H groups in total. The van der Waals surface area contributed by atoms with Gasteiger partial charge in [-0.2, -0.15) is 11.8 Å². The van der Waals surface area contributed by atoms with Crippen LogP contribution in [0.2, 0.25) is 0 Å². The molecule has 0 aliphatic heterocycles. The average Bonchev–Trinajstić information content (AvgIpc) is 2.37. The van der Waals surface area contributed by atoms with Gasteiger partial charge in [-0.25, -0.2) is 0 Å². The first-order valence-corrected chi connectivity index (χ1v) is 9.17. The summed E-state index contributed by atoms with van der Waals surface area (Å²) in [6, 6.07) is 7.66. The van der Waals surface area contributed by atoms with Gasteiger partial charge in [-0.05, 0) is 38.2 Å². The topological polar surface area (TPSA) is 12.0 Å². The SMILES string of the molecule is Cc1cc(C)cc(CSCCNC2CCCC(C)C2)c1. The molecule has 0 bridgehead atoms. The molecule has 1 aliphatic carbocycles. The Hall–Kier alpha value is -0.470. The van der Waals surface area contributed by atoms with Crippen molar-refractivity contribution in [3.63, 3.8) is 0 Å². The van der Waals surface area contributed by atoms with Crippen molar-refractivity contribution < 1.29 is 0 Å². The molecule has 0 spiro atoms. The number of aryl methyl sites for hydroxylation is 2. The molecule has 1 aromatic rings. The van der Waals surface area contributed by atoms with E-state index < -0.39 is 0 Å². The molecule has 1 fully saturated rings. The van der Waals surface area contributed by atoms with E-state index in [1.807, 2.05) is 0 Å². The summed E-state index contributed by atoms with van der Waals surface area (Å²) in [6.07, 6.45) is 5.60. The van der Waals surface area contributed by atoms with Gasteiger partial charge in [0, 0.05) is 24.1 Å². The van der Waals surface area contributed by atoms with Crippen molar-refractivity contribution >= 4 is 11.8 Å². The molecule has 0 saturated heterocycles. The summed E-state index contributed by atoms with van der Waals surface area (Å²) in [5, 5.41) is 3.74. The van der Waals surface area contributed by atoms with Crippen molar-refractivity contribution in [3.05, 3.63) is 34.9 Å². The summed E-state index contributed by atoms with van der Waals surface area (Å²) in [6.45, 7) is 7.93. The maximum atomic E-state index is 3.74. The predicted octanol–water partition coefficient (Wildman–Crippen LogP) is 4.70. The van der Waals surface area contributed by atoms with E-state index in [1.165, 1.54) is 48.1 Å². The molecular formula is C18H29NS. The number of hydrogen-bond acceptors (Lipinski definition) is 2. The van der Waals surface area contributed by atoms with Gasteiger partial charge < -0.3 is 5.32 Å². The fourth-order valence-electron chi connectivity index (χ4n) is 3.30. The molecule has 0 heterocycles. The third kappa shape index (κ3) is 5.49. The van der Waals surface area contributed by atoms with Gasteiger partial charge in [-0.3, -0.25) is 0 Å². The van der Waals surface area contributed by atoms with Crippen molar-refractivity contribution in [2.24, 2.45) is 5.92 Å². The van der Waals surface area contributed by atoms with E-state index >= 15 is 0 Å². The molecule has 0 amide bonds. The van der Waals surface area contributed by atoms with Crippen LogP contribution < -0.4 is 5.32 Å². The van der Waals surface area contributed by atoms with E-state index in [1.54, 1.807) is 0 Å². The van der Waals surface area contributed by atoms with Gasteiger partial charge in [-0.1, -0.05) is 49.1 Å². The van der Waals surface area contributed by atoms with Crippen LogP contribution in [0.4, 0.5) is 0 Å². The first-order chi connectivity index (χ1) is 9.63. The number of benzene rings is 1. The second-order valence-corrected chi connectivity index (χ2v) is 7.58. The molecule has 112 valence electrons. The molecule has 1 saturated carbocycles. The van der Waals surface area contributed by atoms with Crippen molar-refractivity contribution in [1.29, 1.82) is 0 Å². The smallest absolute Gasteiger partial charge is 0.0185 e. The van der Waals surface area contributed by atoms with Crippen LogP contribution in [0.5, 0.6) is 0 Å². The first-order valence-electron chi connectivity index (χ1n) is 8.02. The van der Waals surface area contributed by atoms with Gasteiger partial charge in [0.2, 0.25) is 0 Å². The lowest BCUT2D eigenvalue weighted by Crippen LogP contribution is -2.34. The van der Waals surface area contributed by atoms with Gasteiger partial charge in [0.1, 0.15) is 0 Å². The summed E-state index contributed by atoms with van der Waals surface area (Å²) in [7, 11) is 0. The Labute approximate surface area is 128 Å². The highest BCUT2D eigenvalue weighted by molar-refractivity contribution is 7.98. The maximum Gasteiger partial charge on any atom is 0.0185 e. The summed E-state index contributed by atoms with van der Waals surface area (Å²) >= 11 is 2.05. The highest BCUT2D eigenvalue weighted by atomic mass is 32.2. The average molecular weight is 292 g/mol. The van der Waals surface area contributed by atoms with Crippen molar-refractivity contribution in [2.75, 3.05) is 12.3 Å². The Morgan fingerprint density at radius 3 is 2.60 bits per heavy atom. The molecule has 1 nitrogen and oxygen atoms in total. The van der Waals surface area contributed by atoms with Crippen LogP contribution in [0, 0.1) is 19.8 Å². The zero-order chi connectivity index (χ0) is 14.4. The van der Waals surface area contributed by atoms with E-state index in [0.29, 0.717) is 0 Å². The van der Waals surface area contributed by atoms with Crippen LogP contribution in [0.3, 0.4) is 0 Å². The number of rotatable bonds is 6. The second-order valence-electron chi connectivity index (χ2n) is 6.47. The van der Waals surface area contributed by atoms with Gasteiger partial charge in [0.05, 0.1) is 0 Å². The molecule has 1 aromatic carbocycles. The van der Waals surface area contributed by atoms with E-state index in [9.17, 15) is 0 Å². The number of hydrogen-bond donors (Lipinski definition) is 1. The molecule has 2 heteroatoms. The Kier molecular flexibility index (Phi) is 6.44. The summed E-state index contributed by atoms with van der Waals surface area (Å²) in [5.41, 5.74) is 4.24. The molecule has 2 rings (SSSR count). The molecule has 1 aliphatic rings. The highest BCUT2D eigenvalue weighted by Gasteiger charge is 2.17. The van der Waals surface area contributed by atoms with E-state index in [2.05, 4.69) is 56.0 Å². The normalized spacial score (nSPS) is 22.9. The van der Waals surface area contributed by atoms with E-state index in [0.717, 1.165) is 24.3 Å².